The normalized spacial score (nSPS) is 3.40. The molecule has 0 bridgehead atoms. The van der Waals surface area contributed by atoms with E-state index in [2.05, 4.69) is 0 Å². The summed E-state index contributed by atoms with van der Waals surface area (Å²) in [6.07, 6.45) is 0. The minimum atomic E-state index is -0.556. The van der Waals surface area contributed by atoms with E-state index in [9.17, 15) is 0 Å². The summed E-state index contributed by atoms with van der Waals surface area (Å²) in [4.78, 5) is 0. The molecule has 0 atom stereocenters. The first-order valence-electron chi connectivity index (χ1n) is 0.667. The zero-order chi connectivity index (χ0) is 4.71. The van der Waals surface area contributed by atoms with Crippen molar-refractivity contribution in [3.63, 3.8) is 0 Å². The quantitative estimate of drug-likeness (QED) is 0.478. The molecule has 0 aromatic heterocycles. The Morgan fingerprint density at radius 1 is 1.40 bits per heavy atom. The second kappa shape index (κ2) is 17.5. The molecule has 0 aromatic carbocycles. The van der Waals surface area contributed by atoms with E-state index in [1.165, 1.54) is 0 Å². The average Bonchev–Trinajstić information content (AvgIpc) is 1.46. The summed E-state index contributed by atoms with van der Waals surface area (Å²) in [5.41, 5.74) is 0. The monoisotopic (exact) mass is 162 g/mol. The third-order valence-electron chi connectivity index (χ3n) is 0. The Hall–Kier alpha value is 1.63. The van der Waals surface area contributed by atoms with E-state index in [0.717, 1.165) is 0 Å². The zero-order valence-electron chi connectivity index (χ0n) is 2.37. The van der Waals surface area contributed by atoms with Crippen molar-refractivity contribution < 1.29 is 20.8 Å². The molecular weight excluding hydrogens is 162 g/mol. The van der Waals surface area contributed by atoms with Crippen molar-refractivity contribution in [2.75, 3.05) is 0 Å². The molecule has 1 nitrogen and oxygen atoms in total. The molecule has 0 rings (SSSR count). The maximum absolute atomic E-state index is 8.28. The minimum absolute atomic E-state index is 0.556. The van der Waals surface area contributed by atoms with E-state index in [1.807, 2.05) is 0 Å². The first kappa shape index (κ1) is 9.80. The fourth-order valence-electron chi connectivity index (χ4n) is 0. The molecule has 0 spiro atoms. The second-order valence-electron chi connectivity index (χ2n) is 0.0714. The van der Waals surface area contributed by atoms with Crippen LogP contribution in [0.3, 0.4) is 0 Å². The Bertz CT molecular complexity index is 13.6. The molecule has 5 heavy (non-hydrogen) atoms. The summed E-state index contributed by atoms with van der Waals surface area (Å²) in [6, 6.07) is 0. The van der Waals surface area contributed by atoms with Gasteiger partial charge in [-0.2, -0.15) is 0 Å². The van der Waals surface area contributed by atoms with Crippen LogP contribution in [0.2, 0.25) is 0 Å². The van der Waals surface area contributed by atoms with Crippen LogP contribution in [0, 0.1) is 0 Å². The van der Waals surface area contributed by atoms with Gasteiger partial charge in [-0.3, -0.25) is 0 Å². The van der Waals surface area contributed by atoms with Crippen molar-refractivity contribution in [1.82, 2.24) is 0 Å². The van der Waals surface area contributed by atoms with Crippen LogP contribution in [0.15, 0.2) is 0 Å². The number of halogens is 2. The predicted octanol–water partition coefficient (Wildman–Crippen LogP) is 0.609. The molecule has 0 radical (unpaired) electrons. The first-order chi connectivity index (χ1) is 2.41. The Morgan fingerprint density at radius 2 is 1.40 bits per heavy atom. The van der Waals surface area contributed by atoms with Gasteiger partial charge in [-0.05, 0) is 0 Å². The van der Waals surface area contributed by atoms with Gasteiger partial charge in [0, 0.05) is 0 Å². The average molecular weight is 163 g/mol. The number of rotatable bonds is 0. The van der Waals surface area contributed by atoms with Crippen LogP contribution in [-0.2, 0) is 20.8 Å². The van der Waals surface area contributed by atoms with Gasteiger partial charge < -0.3 is 0 Å². The van der Waals surface area contributed by atoms with Crippen LogP contribution in [0.4, 0.5) is 0 Å². The Labute approximate surface area is 55.3 Å². The number of hydrogen-bond donors (Lipinski definition) is 0. The summed E-state index contributed by atoms with van der Waals surface area (Å²) >= 11 is 0.0556. The second-order valence-corrected chi connectivity index (χ2v) is 2.65. The maximum atomic E-state index is 8.28. The van der Waals surface area contributed by atoms with Crippen molar-refractivity contribution in [2.24, 2.45) is 0 Å². The molecule has 0 saturated carbocycles. The van der Waals surface area contributed by atoms with Gasteiger partial charge in [0.2, 0.25) is 0 Å². The molecule has 0 N–H and O–H groups in total. The molecule has 0 unspecified atom stereocenters. The van der Waals surface area contributed by atoms with Gasteiger partial charge >= 0.3 is 55.7 Å². The summed E-state index contributed by atoms with van der Waals surface area (Å²) in [6.45, 7) is 0. The Kier molecular flexibility index (Phi) is 34.2. The van der Waals surface area contributed by atoms with Gasteiger partial charge in [0.1, 0.15) is 0 Å². The van der Waals surface area contributed by atoms with Gasteiger partial charge in [-0.25, -0.2) is 0 Å². The van der Waals surface area contributed by atoms with Crippen molar-refractivity contribution in [3.8, 4) is 0 Å². The molecule has 0 heterocycles. The van der Waals surface area contributed by atoms with Crippen molar-refractivity contribution in [1.29, 1.82) is 0 Å². The van der Waals surface area contributed by atoms with Gasteiger partial charge in [0.05, 0.1) is 0 Å². The van der Waals surface area contributed by atoms with Gasteiger partial charge in [-0.1, -0.05) is 0 Å². The van der Waals surface area contributed by atoms with E-state index < -0.39 is 17.0 Å². The topological polar surface area (TPSA) is 17.1 Å². The molecule has 28 valence electrons. The molecule has 5 heteroatoms. The van der Waals surface area contributed by atoms with Crippen LogP contribution in [0.1, 0.15) is 0 Å². The van der Waals surface area contributed by atoms with Crippen LogP contribution >= 0.6 is 18.6 Å². The van der Waals surface area contributed by atoms with E-state index in [-0.39, 0.29) is 0 Å². The summed E-state index contributed by atoms with van der Waals surface area (Å²) in [7, 11) is 9.78. The first-order valence-corrected chi connectivity index (χ1v) is 5.54. The molecule has 0 aliphatic rings. The van der Waals surface area contributed by atoms with Crippen LogP contribution in [0.5, 0.6) is 0 Å². The van der Waals surface area contributed by atoms with Crippen LogP contribution in [0.25, 0.3) is 0 Å². The number of hydrogen-bond acceptors (Lipinski definition) is 1. The third-order valence-corrected chi connectivity index (χ3v) is 0. The molecule has 0 aliphatic carbocycles. The molecule has 0 amide bonds. The molecule has 0 aliphatic heterocycles. The Morgan fingerprint density at radius 3 is 1.40 bits per heavy atom. The van der Waals surface area contributed by atoms with E-state index >= 15 is 0 Å². The molecule has 0 aromatic rings. The standard InChI is InChI=1S/Al.2ClH.O.Ti.H/h;2*1H;;;/q;;;;+2;/p-2. The van der Waals surface area contributed by atoms with Gasteiger partial charge in [0.15, 0.2) is 0 Å². The Balaban J connectivity index is 0. The van der Waals surface area contributed by atoms with E-state index in [4.69, 9.17) is 22.4 Å². The fraction of sp³-hybridized carbons (Fsp3) is 0. The third kappa shape index (κ3) is 28.0. The van der Waals surface area contributed by atoms with Crippen LogP contribution < -0.4 is 0 Å². The molecule has 0 fully saturated rings. The van der Waals surface area contributed by atoms with Crippen molar-refractivity contribution in [2.45, 2.75) is 0 Å². The summed E-state index contributed by atoms with van der Waals surface area (Å²) in [5, 5.41) is 0. The zero-order valence-corrected chi connectivity index (χ0v) is 6.86. The SMILES string of the molecule is [Cl][Ti][Cl].[O]=[AlH]. The van der Waals surface area contributed by atoms with E-state index in [1.54, 1.807) is 0 Å². The molecule has 0 saturated heterocycles. The fourth-order valence-corrected chi connectivity index (χ4v) is 0. The van der Waals surface area contributed by atoms with E-state index in [0.29, 0.717) is 16.2 Å². The predicted molar refractivity (Wildman–Crippen MR) is 19.5 cm³/mol. The van der Waals surface area contributed by atoms with Crippen molar-refractivity contribution in [3.05, 3.63) is 0 Å². The summed E-state index contributed by atoms with van der Waals surface area (Å²) < 4.78 is 8.28. The van der Waals surface area contributed by atoms with Crippen LogP contribution in [-0.4, -0.2) is 16.2 Å². The molecular formula is HAlCl2OTi. The summed E-state index contributed by atoms with van der Waals surface area (Å²) in [5.74, 6) is 0. The van der Waals surface area contributed by atoms with Gasteiger partial charge in [-0.15, -0.1) is 0 Å². The van der Waals surface area contributed by atoms with Gasteiger partial charge in [0.25, 0.3) is 0 Å². The van der Waals surface area contributed by atoms with Crippen molar-refractivity contribution >= 4 is 34.8 Å².